The zero-order valence-electron chi connectivity index (χ0n) is 29.3. The largest absolute Gasteiger partial charge is 0.465 e. The third-order valence-corrected chi connectivity index (χ3v) is 9.18. The molecule has 1 aliphatic rings. The molecule has 5 rings (SSSR count). The summed E-state index contributed by atoms with van der Waals surface area (Å²) in [5.74, 6) is -1.41. The summed E-state index contributed by atoms with van der Waals surface area (Å²) in [6, 6.07) is 30.4. The molecule has 1 N–H and O–H groups in total. The molecule has 1 fully saturated rings. The molecule has 1 heterocycles. The summed E-state index contributed by atoms with van der Waals surface area (Å²) in [4.78, 5) is 16.6. The number of carbonyl (C=O) groups is 1. The zero-order valence-corrected chi connectivity index (χ0v) is 29.3. The van der Waals surface area contributed by atoms with E-state index in [4.69, 9.17) is 14.2 Å². The second-order valence-electron chi connectivity index (χ2n) is 14.0. The predicted molar refractivity (Wildman–Crippen MR) is 190 cm³/mol. The molecule has 0 spiro atoms. The standard InChI is InChI=1S/C41H47F3N2O5/c1-29-39(51-28-41(2,3)27-42)50-26-37(46(29)40(47)48)38(49-25-32-17-11-6-12-18-32)36(21-33-19-34(43)22-35(44)20-33)45(23-30-13-7-4-8-14-30)24-31-15-9-5-10-16-31/h4-20,22,29,36-39H,21,23-28H2,1-3H3,(H,47,48)/t29-,36-,37+,38-,39-/m0/s1. The first kappa shape index (κ1) is 38.0. The number of halogens is 3. The highest BCUT2D eigenvalue weighted by Gasteiger charge is 2.47. The van der Waals surface area contributed by atoms with Gasteiger partial charge in [0.15, 0.2) is 6.29 Å². The van der Waals surface area contributed by atoms with Crippen molar-refractivity contribution in [3.8, 4) is 0 Å². The maximum atomic E-state index is 14.7. The smallest absolute Gasteiger partial charge is 0.408 e. The zero-order chi connectivity index (χ0) is 36.4. The Morgan fingerprint density at radius 1 is 0.882 bits per heavy atom. The van der Waals surface area contributed by atoms with Crippen molar-refractivity contribution in [3.63, 3.8) is 0 Å². The summed E-state index contributed by atoms with van der Waals surface area (Å²) < 4.78 is 62.1. The Balaban J connectivity index is 1.60. The van der Waals surface area contributed by atoms with Gasteiger partial charge in [0, 0.05) is 30.6 Å². The van der Waals surface area contributed by atoms with E-state index < -0.39 is 60.3 Å². The van der Waals surface area contributed by atoms with Gasteiger partial charge in [0.05, 0.1) is 44.7 Å². The van der Waals surface area contributed by atoms with Crippen LogP contribution in [0.3, 0.4) is 0 Å². The summed E-state index contributed by atoms with van der Waals surface area (Å²) in [7, 11) is 0. The number of nitrogens with zero attached hydrogens (tertiary/aromatic N) is 2. The van der Waals surface area contributed by atoms with Gasteiger partial charge in [-0.3, -0.25) is 14.2 Å². The molecule has 1 aliphatic heterocycles. The van der Waals surface area contributed by atoms with Crippen LogP contribution in [-0.2, 0) is 40.3 Å². The summed E-state index contributed by atoms with van der Waals surface area (Å²) >= 11 is 0. The molecule has 272 valence electrons. The summed E-state index contributed by atoms with van der Waals surface area (Å²) in [6.45, 7) is 5.48. The topological polar surface area (TPSA) is 71.5 Å². The van der Waals surface area contributed by atoms with Crippen molar-refractivity contribution in [1.82, 2.24) is 9.80 Å². The van der Waals surface area contributed by atoms with Crippen LogP contribution in [0.2, 0.25) is 0 Å². The van der Waals surface area contributed by atoms with Crippen LogP contribution in [0.15, 0.2) is 109 Å². The minimum absolute atomic E-state index is 0.0280. The van der Waals surface area contributed by atoms with Crippen LogP contribution in [0, 0.1) is 17.0 Å². The number of rotatable bonds is 16. The minimum atomic E-state index is -1.20. The fourth-order valence-corrected chi connectivity index (χ4v) is 6.54. The quantitative estimate of drug-likeness (QED) is 0.127. The van der Waals surface area contributed by atoms with Gasteiger partial charge in [0.1, 0.15) is 11.6 Å². The first-order chi connectivity index (χ1) is 24.5. The number of benzene rings is 4. The molecule has 51 heavy (non-hydrogen) atoms. The summed E-state index contributed by atoms with van der Waals surface area (Å²) in [5, 5.41) is 10.7. The van der Waals surface area contributed by atoms with Crippen LogP contribution in [0.1, 0.15) is 43.0 Å². The van der Waals surface area contributed by atoms with Crippen molar-refractivity contribution < 1.29 is 37.3 Å². The first-order valence-electron chi connectivity index (χ1n) is 17.3. The van der Waals surface area contributed by atoms with Crippen LogP contribution in [0.4, 0.5) is 18.0 Å². The van der Waals surface area contributed by atoms with Gasteiger partial charge in [-0.05, 0) is 47.7 Å². The molecule has 0 unspecified atom stereocenters. The Hall–Kier alpha value is -4.22. The van der Waals surface area contributed by atoms with Crippen molar-refractivity contribution in [2.75, 3.05) is 19.9 Å². The van der Waals surface area contributed by atoms with Gasteiger partial charge in [-0.1, -0.05) is 105 Å². The Bertz CT molecular complexity index is 1600. The lowest BCUT2D eigenvalue weighted by molar-refractivity contribution is -0.238. The van der Waals surface area contributed by atoms with Gasteiger partial charge in [0.25, 0.3) is 0 Å². The summed E-state index contributed by atoms with van der Waals surface area (Å²) in [5.41, 5.74) is 2.49. The monoisotopic (exact) mass is 704 g/mol. The number of amides is 1. The third kappa shape index (κ3) is 10.6. The third-order valence-electron chi connectivity index (χ3n) is 9.18. The Morgan fingerprint density at radius 2 is 1.41 bits per heavy atom. The Kier molecular flexibility index (Phi) is 13.3. The molecule has 0 saturated carbocycles. The van der Waals surface area contributed by atoms with E-state index in [0.29, 0.717) is 18.7 Å². The first-order valence-corrected chi connectivity index (χ1v) is 17.3. The van der Waals surface area contributed by atoms with E-state index >= 15 is 0 Å². The van der Waals surface area contributed by atoms with Crippen molar-refractivity contribution in [1.29, 1.82) is 0 Å². The summed E-state index contributed by atoms with van der Waals surface area (Å²) in [6.07, 6.45) is -2.86. The fraction of sp³-hybridized carbons (Fsp3) is 0.390. The van der Waals surface area contributed by atoms with E-state index in [1.54, 1.807) is 20.8 Å². The molecule has 4 aromatic rings. The number of hydrogen-bond acceptors (Lipinski definition) is 5. The second-order valence-corrected chi connectivity index (χ2v) is 14.0. The lowest BCUT2D eigenvalue weighted by Gasteiger charge is -2.49. The molecule has 1 amide bonds. The molecular formula is C41H47F3N2O5. The van der Waals surface area contributed by atoms with E-state index in [0.717, 1.165) is 22.8 Å². The Labute approximate surface area is 298 Å². The highest BCUT2D eigenvalue weighted by Crippen LogP contribution is 2.31. The Morgan fingerprint density at radius 3 is 1.92 bits per heavy atom. The highest BCUT2D eigenvalue weighted by molar-refractivity contribution is 5.66. The van der Waals surface area contributed by atoms with E-state index in [1.165, 1.54) is 17.0 Å². The maximum Gasteiger partial charge on any atom is 0.408 e. The van der Waals surface area contributed by atoms with E-state index in [1.807, 2.05) is 91.0 Å². The van der Waals surface area contributed by atoms with Gasteiger partial charge in [-0.25, -0.2) is 13.6 Å². The molecular weight excluding hydrogens is 657 g/mol. The number of hydrogen-bond donors (Lipinski definition) is 1. The number of morpholine rings is 1. The van der Waals surface area contributed by atoms with Gasteiger partial charge in [-0.15, -0.1) is 0 Å². The van der Waals surface area contributed by atoms with Crippen LogP contribution in [0.5, 0.6) is 0 Å². The molecule has 5 atom stereocenters. The lowest BCUT2D eigenvalue weighted by Crippen LogP contribution is -2.65. The van der Waals surface area contributed by atoms with Crippen LogP contribution in [-0.4, -0.2) is 71.4 Å². The lowest BCUT2D eigenvalue weighted by atomic mass is 9.91. The SMILES string of the molecule is C[C@H]1[C@H](OCC(C)(C)CF)OC[C@H]([C@@H](OCc2ccccc2)[C@H](Cc2cc(F)cc(F)c2)N(Cc2ccccc2)Cc2ccccc2)N1C(=O)O. The molecule has 0 bridgehead atoms. The van der Waals surface area contributed by atoms with Crippen LogP contribution in [0.25, 0.3) is 0 Å². The van der Waals surface area contributed by atoms with Gasteiger partial charge in [0.2, 0.25) is 0 Å². The number of ether oxygens (including phenoxy) is 3. The molecule has 7 nitrogen and oxygen atoms in total. The molecule has 0 aliphatic carbocycles. The highest BCUT2D eigenvalue weighted by atomic mass is 19.1. The van der Waals surface area contributed by atoms with E-state index in [-0.39, 0.29) is 26.2 Å². The van der Waals surface area contributed by atoms with Crippen LogP contribution < -0.4 is 0 Å². The van der Waals surface area contributed by atoms with Crippen LogP contribution >= 0.6 is 0 Å². The van der Waals surface area contributed by atoms with Gasteiger partial charge >= 0.3 is 6.09 Å². The number of carboxylic acid groups (broad SMARTS) is 1. The normalized spacial score (nSPS) is 19.2. The average Bonchev–Trinajstić information content (AvgIpc) is 3.11. The van der Waals surface area contributed by atoms with Crippen molar-refractivity contribution in [2.45, 2.75) is 77.4 Å². The van der Waals surface area contributed by atoms with Crippen molar-refractivity contribution >= 4 is 6.09 Å². The predicted octanol–water partition coefficient (Wildman–Crippen LogP) is 8.27. The molecule has 4 aromatic carbocycles. The molecule has 0 aromatic heterocycles. The van der Waals surface area contributed by atoms with Crippen molar-refractivity contribution in [2.24, 2.45) is 5.41 Å². The number of alkyl halides is 1. The van der Waals surface area contributed by atoms with E-state index in [2.05, 4.69) is 4.90 Å². The van der Waals surface area contributed by atoms with Gasteiger partial charge in [-0.2, -0.15) is 0 Å². The molecule has 0 radical (unpaired) electrons. The van der Waals surface area contributed by atoms with E-state index in [9.17, 15) is 23.1 Å². The van der Waals surface area contributed by atoms with Crippen molar-refractivity contribution in [3.05, 3.63) is 143 Å². The molecule has 1 saturated heterocycles. The minimum Gasteiger partial charge on any atom is -0.465 e. The van der Waals surface area contributed by atoms with Gasteiger partial charge < -0.3 is 19.3 Å². The fourth-order valence-electron chi connectivity index (χ4n) is 6.54. The maximum absolute atomic E-state index is 14.7. The second kappa shape index (κ2) is 17.8. The average molecular weight is 705 g/mol. The molecule has 10 heteroatoms.